The topological polar surface area (TPSA) is 46.5 Å². The molecular weight excluding hydrogens is 400 g/mol. The molecule has 0 heterocycles. The van der Waals surface area contributed by atoms with E-state index in [1.807, 2.05) is 6.08 Å². The first-order valence-electron chi connectivity index (χ1n) is 11.4. The zero-order valence-electron chi connectivity index (χ0n) is 19.3. The molecule has 0 amide bonds. The first kappa shape index (κ1) is 25.1. The quantitative estimate of drug-likeness (QED) is 0.239. The first-order chi connectivity index (χ1) is 14.8. The predicted molar refractivity (Wildman–Crippen MR) is 133 cm³/mol. The molecule has 0 radical (unpaired) electrons. The maximum atomic E-state index is 10.6. The Labute approximate surface area is 189 Å². The van der Waals surface area contributed by atoms with E-state index in [9.17, 15) is 4.79 Å². The van der Waals surface area contributed by atoms with Crippen LogP contribution >= 0.6 is 0 Å². The number of aliphatic carboxylic acids is 1. The molecule has 0 aliphatic heterocycles. The summed E-state index contributed by atoms with van der Waals surface area (Å²) in [5.41, 5.74) is 0. The molecule has 0 aliphatic carbocycles. The largest absolute Gasteiger partial charge is 0.481 e. The third-order valence-corrected chi connectivity index (χ3v) is 10.9. The van der Waals surface area contributed by atoms with E-state index >= 15 is 0 Å². The molecule has 0 aromatic heterocycles. The molecule has 1 atom stereocenters. The van der Waals surface area contributed by atoms with Crippen molar-refractivity contribution in [2.75, 3.05) is 0 Å². The standard InChI is InChI=1S/C27H38O3Si/c1-5-23(17-11-7-6-8-16-22-26(28)29)30-31(27(2,3)4,24-18-12-9-13-19-24)25-20-14-10-15-21-25/h5,9-10,12-15,18-21,23H,1,6-8,11,16-17,22H2,2-4H3,(H,28,29)/t23-/m0/s1. The molecular formula is C27H38O3Si. The Hall–Kier alpha value is -2.17. The van der Waals surface area contributed by atoms with Gasteiger partial charge in [0.2, 0.25) is 0 Å². The molecule has 0 saturated heterocycles. The van der Waals surface area contributed by atoms with Crippen LogP contribution in [0.4, 0.5) is 0 Å². The Morgan fingerprint density at radius 1 is 0.935 bits per heavy atom. The van der Waals surface area contributed by atoms with Gasteiger partial charge in [0.1, 0.15) is 0 Å². The lowest BCUT2D eigenvalue weighted by Crippen LogP contribution is -2.67. The summed E-state index contributed by atoms with van der Waals surface area (Å²) < 4.78 is 7.13. The number of benzene rings is 2. The summed E-state index contributed by atoms with van der Waals surface area (Å²) in [4.78, 5) is 10.6. The van der Waals surface area contributed by atoms with Crippen molar-refractivity contribution in [2.24, 2.45) is 0 Å². The number of rotatable bonds is 13. The highest BCUT2D eigenvalue weighted by atomic mass is 28.4. The molecule has 0 bridgehead atoms. The van der Waals surface area contributed by atoms with Crippen LogP contribution in [0.25, 0.3) is 0 Å². The average molecular weight is 439 g/mol. The van der Waals surface area contributed by atoms with Crippen molar-refractivity contribution in [2.45, 2.75) is 76.9 Å². The molecule has 0 aliphatic rings. The highest BCUT2D eigenvalue weighted by Gasteiger charge is 2.51. The van der Waals surface area contributed by atoms with Crippen molar-refractivity contribution >= 4 is 24.7 Å². The van der Waals surface area contributed by atoms with Crippen LogP contribution < -0.4 is 10.4 Å². The van der Waals surface area contributed by atoms with Gasteiger partial charge in [0.15, 0.2) is 0 Å². The minimum atomic E-state index is -2.56. The van der Waals surface area contributed by atoms with Crippen molar-refractivity contribution in [1.82, 2.24) is 0 Å². The van der Waals surface area contributed by atoms with Gasteiger partial charge in [-0.05, 0) is 28.3 Å². The van der Waals surface area contributed by atoms with E-state index in [4.69, 9.17) is 9.53 Å². The second-order valence-electron chi connectivity index (χ2n) is 9.26. The van der Waals surface area contributed by atoms with Crippen LogP contribution in [0.2, 0.25) is 5.04 Å². The molecule has 31 heavy (non-hydrogen) atoms. The van der Waals surface area contributed by atoms with Gasteiger partial charge in [-0.15, -0.1) is 6.58 Å². The Kier molecular flexibility index (Phi) is 9.72. The zero-order chi connectivity index (χ0) is 22.7. The van der Waals surface area contributed by atoms with Crippen LogP contribution in [0.3, 0.4) is 0 Å². The number of carboxylic acids is 1. The van der Waals surface area contributed by atoms with Gasteiger partial charge in [-0.1, -0.05) is 113 Å². The SMILES string of the molecule is C=C[C@@H](CCCCCCCC(=O)O)O[Si](c1ccccc1)(c1ccccc1)C(C)(C)C. The molecule has 2 aromatic rings. The Balaban J connectivity index is 2.18. The van der Waals surface area contributed by atoms with Crippen LogP contribution in [0, 0.1) is 0 Å². The van der Waals surface area contributed by atoms with Gasteiger partial charge in [0.25, 0.3) is 8.32 Å². The normalized spacial score (nSPS) is 13.0. The van der Waals surface area contributed by atoms with Crippen LogP contribution in [0.15, 0.2) is 73.3 Å². The van der Waals surface area contributed by atoms with E-state index in [0.29, 0.717) is 0 Å². The molecule has 0 spiro atoms. The molecule has 3 nitrogen and oxygen atoms in total. The van der Waals surface area contributed by atoms with Crippen molar-refractivity contribution in [3.63, 3.8) is 0 Å². The van der Waals surface area contributed by atoms with Crippen molar-refractivity contribution in [3.05, 3.63) is 73.3 Å². The third kappa shape index (κ3) is 6.91. The minimum absolute atomic E-state index is 0.00896. The monoisotopic (exact) mass is 438 g/mol. The smallest absolute Gasteiger partial charge is 0.303 e. The fraction of sp³-hybridized carbons (Fsp3) is 0.444. The maximum absolute atomic E-state index is 10.6. The highest BCUT2D eigenvalue weighted by Crippen LogP contribution is 2.38. The number of hydrogen-bond donors (Lipinski definition) is 1. The van der Waals surface area contributed by atoms with E-state index in [1.165, 1.54) is 10.4 Å². The Bertz CT molecular complexity index is 757. The molecule has 1 N–H and O–H groups in total. The number of carboxylic acid groups (broad SMARTS) is 1. The van der Waals surface area contributed by atoms with Crippen LogP contribution in [-0.4, -0.2) is 25.5 Å². The van der Waals surface area contributed by atoms with Gasteiger partial charge < -0.3 is 9.53 Å². The van der Waals surface area contributed by atoms with Crippen molar-refractivity contribution in [3.8, 4) is 0 Å². The van der Waals surface area contributed by atoms with Gasteiger partial charge in [0.05, 0.1) is 6.10 Å². The summed E-state index contributed by atoms with van der Waals surface area (Å²) >= 11 is 0. The second-order valence-corrected chi connectivity index (χ2v) is 13.5. The van der Waals surface area contributed by atoms with Gasteiger partial charge in [-0.2, -0.15) is 0 Å². The highest BCUT2D eigenvalue weighted by molar-refractivity contribution is 6.99. The molecule has 168 valence electrons. The molecule has 2 rings (SSSR count). The van der Waals surface area contributed by atoms with Crippen LogP contribution in [0.1, 0.15) is 65.7 Å². The van der Waals surface area contributed by atoms with Gasteiger partial charge in [-0.25, -0.2) is 0 Å². The Morgan fingerprint density at radius 2 is 1.42 bits per heavy atom. The van der Waals surface area contributed by atoms with Crippen molar-refractivity contribution < 1.29 is 14.3 Å². The fourth-order valence-electron chi connectivity index (χ4n) is 4.30. The van der Waals surface area contributed by atoms with Gasteiger partial charge >= 0.3 is 5.97 Å². The lowest BCUT2D eigenvalue weighted by Gasteiger charge is -2.44. The van der Waals surface area contributed by atoms with Crippen molar-refractivity contribution in [1.29, 1.82) is 0 Å². The number of carbonyl (C=O) groups is 1. The van der Waals surface area contributed by atoms with E-state index in [1.54, 1.807) is 0 Å². The maximum Gasteiger partial charge on any atom is 0.303 e. The van der Waals surface area contributed by atoms with E-state index in [0.717, 1.165) is 38.5 Å². The summed E-state index contributed by atoms with van der Waals surface area (Å²) in [6.45, 7) is 11.0. The van der Waals surface area contributed by atoms with Crippen LogP contribution in [-0.2, 0) is 9.22 Å². The lowest BCUT2D eigenvalue weighted by molar-refractivity contribution is -0.137. The molecule has 0 saturated carbocycles. The third-order valence-electron chi connectivity index (χ3n) is 5.89. The van der Waals surface area contributed by atoms with Gasteiger partial charge in [0, 0.05) is 6.42 Å². The van der Waals surface area contributed by atoms with Crippen LogP contribution in [0.5, 0.6) is 0 Å². The summed E-state index contributed by atoms with van der Waals surface area (Å²) in [5.74, 6) is -0.703. The molecule has 4 heteroatoms. The average Bonchev–Trinajstić information content (AvgIpc) is 2.75. The summed E-state index contributed by atoms with van der Waals surface area (Å²) in [5, 5.41) is 11.3. The lowest BCUT2D eigenvalue weighted by atomic mass is 10.1. The first-order valence-corrected chi connectivity index (χ1v) is 13.4. The summed E-state index contributed by atoms with van der Waals surface area (Å²) in [6, 6.07) is 21.4. The predicted octanol–water partition coefficient (Wildman–Crippen LogP) is 5.93. The molecule has 0 fully saturated rings. The molecule has 0 unspecified atom stereocenters. The Morgan fingerprint density at radius 3 is 1.87 bits per heavy atom. The molecule has 2 aromatic carbocycles. The van der Waals surface area contributed by atoms with E-state index in [2.05, 4.69) is 88.0 Å². The number of hydrogen-bond acceptors (Lipinski definition) is 2. The summed E-state index contributed by atoms with van der Waals surface area (Å²) in [7, 11) is -2.56. The second kappa shape index (κ2) is 12.0. The van der Waals surface area contributed by atoms with E-state index in [-0.39, 0.29) is 17.6 Å². The van der Waals surface area contributed by atoms with Gasteiger partial charge in [-0.3, -0.25) is 4.79 Å². The zero-order valence-corrected chi connectivity index (χ0v) is 20.3. The minimum Gasteiger partial charge on any atom is -0.481 e. The fourth-order valence-corrected chi connectivity index (χ4v) is 8.98. The summed E-state index contributed by atoms with van der Waals surface area (Å²) in [6.07, 6.45) is 8.11. The number of unbranched alkanes of at least 4 members (excludes halogenated alkanes) is 4. The van der Waals surface area contributed by atoms with E-state index < -0.39 is 14.3 Å².